The highest BCUT2D eigenvalue weighted by molar-refractivity contribution is 5.76. The van der Waals surface area contributed by atoms with Crippen LogP contribution in [0.2, 0.25) is 0 Å². The molecule has 0 saturated carbocycles. The van der Waals surface area contributed by atoms with Gasteiger partial charge in [-0.25, -0.2) is 0 Å². The van der Waals surface area contributed by atoms with Crippen molar-refractivity contribution in [2.24, 2.45) is 10.2 Å². The molecule has 0 aromatic rings. The van der Waals surface area contributed by atoms with Crippen molar-refractivity contribution in [2.45, 2.75) is 63.6 Å². The molecule has 1 saturated heterocycles. The Morgan fingerprint density at radius 2 is 2.05 bits per heavy atom. The Balaban J connectivity index is 1.61. The van der Waals surface area contributed by atoms with E-state index in [2.05, 4.69) is 33.3 Å². The summed E-state index contributed by atoms with van der Waals surface area (Å²) in [6.45, 7) is 5.34. The highest BCUT2D eigenvalue weighted by atomic mass is 16.1. The van der Waals surface area contributed by atoms with E-state index in [-0.39, 0.29) is 17.6 Å². The third-order valence-corrected chi connectivity index (χ3v) is 4.19. The van der Waals surface area contributed by atoms with Crippen molar-refractivity contribution < 1.29 is 4.79 Å². The molecule has 116 valence electrons. The third-order valence-electron chi connectivity index (χ3n) is 4.19. The van der Waals surface area contributed by atoms with E-state index in [0.29, 0.717) is 19.3 Å². The summed E-state index contributed by atoms with van der Waals surface area (Å²) in [6, 6.07) is 0.199. The van der Waals surface area contributed by atoms with Gasteiger partial charge < -0.3 is 10.2 Å². The molecule has 1 fully saturated rings. The molecule has 2 aliphatic rings. The van der Waals surface area contributed by atoms with Gasteiger partial charge in [-0.1, -0.05) is 6.42 Å². The second-order valence-electron chi connectivity index (χ2n) is 6.22. The van der Waals surface area contributed by atoms with Gasteiger partial charge in [0.25, 0.3) is 0 Å². The van der Waals surface area contributed by atoms with Gasteiger partial charge in [-0.15, -0.1) is 12.3 Å². The minimum atomic E-state index is -0.347. The van der Waals surface area contributed by atoms with Crippen LogP contribution in [0.25, 0.3) is 0 Å². The predicted molar refractivity (Wildman–Crippen MR) is 82.8 cm³/mol. The van der Waals surface area contributed by atoms with Gasteiger partial charge in [-0.3, -0.25) is 4.79 Å². The number of rotatable bonds is 8. The van der Waals surface area contributed by atoms with Gasteiger partial charge in [0.1, 0.15) is 0 Å². The predicted octanol–water partition coefficient (Wildman–Crippen LogP) is 2.33. The maximum absolute atomic E-state index is 12.0. The van der Waals surface area contributed by atoms with Crippen LogP contribution >= 0.6 is 0 Å². The zero-order chi connectivity index (χ0) is 15.1. The van der Waals surface area contributed by atoms with Crippen molar-refractivity contribution in [1.82, 2.24) is 10.2 Å². The van der Waals surface area contributed by atoms with E-state index in [0.717, 1.165) is 26.1 Å². The fourth-order valence-electron chi connectivity index (χ4n) is 2.90. The molecule has 0 bridgehead atoms. The summed E-state index contributed by atoms with van der Waals surface area (Å²) in [6.07, 6.45) is 11.7. The first-order valence-corrected chi connectivity index (χ1v) is 8.03. The number of carbonyl (C=O) groups excluding carboxylic acids is 1. The molecule has 2 rings (SSSR count). The van der Waals surface area contributed by atoms with Crippen LogP contribution in [0.4, 0.5) is 0 Å². The lowest BCUT2D eigenvalue weighted by Gasteiger charge is -2.29. The van der Waals surface area contributed by atoms with E-state index < -0.39 is 0 Å². The Labute approximate surface area is 127 Å². The quantitative estimate of drug-likeness (QED) is 0.698. The summed E-state index contributed by atoms with van der Waals surface area (Å²) >= 11 is 0. The molecular formula is C16H26N4O. The number of nitrogens with one attached hydrogen (secondary N) is 1. The minimum Gasteiger partial charge on any atom is -0.352 e. The molecule has 21 heavy (non-hydrogen) atoms. The number of amides is 1. The fourth-order valence-corrected chi connectivity index (χ4v) is 2.90. The third kappa shape index (κ3) is 5.47. The van der Waals surface area contributed by atoms with Crippen LogP contribution in [0.5, 0.6) is 0 Å². The van der Waals surface area contributed by atoms with Gasteiger partial charge in [0.2, 0.25) is 5.91 Å². The van der Waals surface area contributed by atoms with Crippen molar-refractivity contribution >= 4 is 5.91 Å². The Hall–Kier alpha value is -1.41. The fraction of sp³-hybridized carbons (Fsp3) is 0.812. The van der Waals surface area contributed by atoms with Gasteiger partial charge in [0.05, 0.1) is 0 Å². The van der Waals surface area contributed by atoms with E-state index in [9.17, 15) is 4.79 Å². The van der Waals surface area contributed by atoms with Crippen LogP contribution in [-0.2, 0) is 4.79 Å². The molecule has 0 aliphatic carbocycles. The van der Waals surface area contributed by atoms with E-state index in [1.807, 2.05) is 0 Å². The number of carbonyl (C=O) groups is 1. The van der Waals surface area contributed by atoms with E-state index in [1.54, 1.807) is 0 Å². The minimum absolute atomic E-state index is 0.0943. The van der Waals surface area contributed by atoms with Crippen molar-refractivity contribution in [3.63, 3.8) is 0 Å². The van der Waals surface area contributed by atoms with Crippen molar-refractivity contribution in [3.05, 3.63) is 0 Å². The van der Waals surface area contributed by atoms with E-state index >= 15 is 0 Å². The normalized spacial score (nSPS) is 21.5. The summed E-state index contributed by atoms with van der Waals surface area (Å²) in [5, 5.41) is 11.2. The average Bonchev–Trinajstić information content (AvgIpc) is 3.24. The second-order valence-corrected chi connectivity index (χ2v) is 6.22. The number of nitrogens with zero attached hydrogens (tertiary/aromatic N) is 3. The van der Waals surface area contributed by atoms with E-state index in [1.165, 1.54) is 19.3 Å². The highest BCUT2D eigenvalue weighted by Gasteiger charge is 2.39. The van der Waals surface area contributed by atoms with Crippen LogP contribution in [0.1, 0.15) is 51.9 Å². The summed E-state index contributed by atoms with van der Waals surface area (Å²) < 4.78 is 0. The van der Waals surface area contributed by atoms with Crippen molar-refractivity contribution in [2.75, 3.05) is 19.6 Å². The lowest BCUT2D eigenvalue weighted by atomic mass is 10.0. The van der Waals surface area contributed by atoms with Crippen molar-refractivity contribution in [3.8, 4) is 12.3 Å². The molecular weight excluding hydrogens is 264 g/mol. The molecule has 0 spiro atoms. The first-order valence-electron chi connectivity index (χ1n) is 8.03. The zero-order valence-electron chi connectivity index (χ0n) is 13.0. The largest absolute Gasteiger partial charge is 0.352 e. The first kappa shape index (κ1) is 16.0. The molecule has 5 heteroatoms. The Morgan fingerprint density at radius 3 is 2.67 bits per heavy atom. The lowest BCUT2D eigenvalue weighted by molar-refractivity contribution is -0.122. The molecule has 1 unspecified atom stereocenters. The van der Waals surface area contributed by atoms with Gasteiger partial charge >= 0.3 is 0 Å². The molecule has 2 heterocycles. The van der Waals surface area contributed by atoms with Gasteiger partial charge in [-0.2, -0.15) is 10.2 Å². The van der Waals surface area contributed by atoms with Crippen LogP contribution in [0.15, 0.2) is 10.2 Å². The highest BCUT2D eigenvalue weighted by Crippen LogP contribution is 2.37. The zero-order valence-corrected chi connectivity index (χ0v) is 13.0. The number of terminal acetylenes is 1. The molecule has 2 aliphatic heterocycles. The summed E-state index contributed by atoms with van der Waals surface area (Å²) in [4.78, 5) is 14.4. The van der Waals surface area contributed by atoms with Gasteiger partial charge in [0.15, 0.2) is 5.66 Å². The van der Waals surface area contributed by atoms with Crippen LogP contribution < -0.4 is 5.32 Å². The molecule has 5 nitrogen and oxygen atoms in total. The number of hydrogen-bond donors (Lipinski definition) is 1. The maximum Gasteiger partial charge on any atom is 0.220 e. The molecule has 0 radical (unpaired) electrons. The Kier molecular flexibility index (Phi) is 5.75. The van der Waals surface area contributed by atoms with Gasteiger partial charge in [0, 0.05) is 38.3 Å². The number of hydrogen-bond acceptors (Lipinski definition) is 4. The lowest BCUT2D eigenvalue weighted by Crippen LogP contribution is -2.43. The Morgan fingerprint density at radius 1 is 1.33 bits per heavy atom. The second kappa shape index (κ2) is 7.56. The van der Waals surface area contributed by atoms with Gasteiger partial charge in [-0.05, 0) is 32.9 Å². The van der Waals surface area contributed by atoms with Crippen LogP contribution in [-0.4, -0.2) is 42.1 Å². The van der Waals surface area contributed by atoms with Crippen LogP contribution in [0, 0.1) is 12.3 Å². The maximum atomic E-state index is 12.0. The average molecular weight is 290 g/mol. The molecule has 0 aromatic heterocycles. The number of likely N-dealkylation sites (tertiary alicyclic amines) is 1. The molecule has 1 atom stereocenters. The van der Waals surface area contributed by atoms with E-state index in [4.69, 9.17) is 6.42 Å². The molecule has 1 amide bonds. The summed E-state index contributed by atoms with van der Waals surface area (Å²) in [5.74, 6) is 2.70. The number of piperidine rings is 1. The molecule has 0 aromatic carbocycles. The summed E-state index contributed by atoms with van der Waals surface area (Å²) in [7, 11) is 0. The Bertz CT molecular complexity index is 414. The standard InChI is InChI=1S/C16H26N4O/c1-3-4-9-16(18-19-16)10-8-15(21)17-14(2)13-20-11-6-5-7-12-20/h1,14H,4-13H2,2H3,(H,17,21). The summed E-state index contributed by atoms with van der Waals surface area (Å²) in [5.41, 5.74) is -0.347. The smallest absolute Gasteiger partial charge is 0.220 e. The van der Waals surface area contributed by atoms with Crippen molar-refractivity contribution in [1.29, 1.82) is 0 Å². The monoisotopic (exact) mass is 290 g/mol. The molecule has 1 N–H and O–H groups in total. The topological polar surface area (TPSA) is 57.1 Å². The van der Waals surface area contributed by atoms with Crippen LogP contribution in [0.3, 0.4) is 0 Å². The first-order chi connectivity index (χ1) is 10.1. The SMILES string of the molecule is C#CCCC1(CCC(=O)NC(C)CN2CCCCC2)N=N1.